The van der Waals surface area contributed by atoms with Crippen LogP contribution in [0.2, 0.25) is 10.0 Å². The fourth-order valence-corrected chi connectivity index (χ4v) is 3.77. The van der Waals surface area contributed by atoms with Crippen molar-refractivity contribution in [1.82, 2.24) is 4.98 Å². The van der Waals surface area contributed by atoms with Crippen molar-refractivity contribution in [2.75, 3.05) is 14.2 Å². The molecule has 0 unspecified atom stereocenters. The quantitative estimate of drug-likeness (QED) is 0.230. The monoisotopic (exact) mass is 463 g/mol. The average Bonchev–Trinajstić information content (AvgIpc) is 3.24. The number of methoxy groups -OCH3 is 2. The summed E-state index contributed by atoms with van der Waals surface area (Å²) in [5.74, 6) is -1.14. The lowest BCUT2D eigenvalue weighted by Gasteiger charge is -2.09. The molecular weight excluding hydrogens is 448 g/mol. The highest BCUT2D eigenvalue weighted by Crippen LogP contribution is 2.33. The number of thiazole rings is 1. The number of aromatic nitrogens is 1. The molecule has 3 rings (SSSR count). The molecule has 0 radical (unpaired) electrons. The van der Waals surface area contributed by atoms with Gasteiger partial charge in [0.1, 0.15) is 22.1 Å². The highest BCUT2D eigenvalue weighted by molar-refractivity contribution is 7.13. The van der Waals surface area contributed by atoms with Gasteiger partial charge in [0.15, 0.2) is 0 Å². The molecule has 1 heterocycles. The Labute approximate surface area is 187 Å². The van der Waals surface area contributed by atoms with Gasteiger partial charge in [0, 0.05) is 10.9 Å². The summed E-state index contributed by atoms with van der Waals surface area (Å²) in [4.78, 5) is 16.5. The summed E-state index contributed by atoms with van der Waals surface area (Å²) in [5, 5.41) is 3.05. The number of ether oxygens (including phenoxy) is 2. The van der Waals surface area contributed by atoms with Crippen molar-refractivity contribution < 1.29 is 18.7 Å². The fraction of sp³-hybridized carbons (Fsp3) is 0.0909. The topological polar surface area (TPSA) is 48.4 Å². The molecular formula is C22H16Cl2FNO3S. The van der Waals surface area contributed by atoms with Gasteiger partial charge >= 0.3 is 5.97 Å². The number of rotatable bonds is 6. The van der Waals surface area contributed by atoms with E-state index >= 15 is 0 Å². The zero-order valence-corrected chi connectivity index (χ0v) is 18.3. The Morgan fingerprint density at radius 1 is 1.13 bits per heavy atom. The van der Waals surface area contributed by atoms with Crippen LogP contribution in [0.4, 0.5) is 4.39 Å². The molecule has 154 valence electrons. The number of carbonyl (C=O) groups excluding carboxylic acids is 1. The lowest BCUT2D eigenvalue weighted by Crippen LogP contribution is -2.05. The summed E-state index contributed by atoms with van der Waals surface area (Å²) in [6.45, 7) is 0. The van der Waals surface area contributed by atoms with Gasteiger partial charge < -0.3 is 9.47 Å². The predicted octanol–water partition coefficient (Wildman–Crippen LogP) is 6.74. The van der Waals surface area contributed by atoms with Crippen LogP contribution in [0, 0.1) is 0 Å². The molecule has 0 bridgehead atoms. The van der Waals surface area contributed by atoms with Crippen LogP contribution in [0.15, 0.2) is 54.1 Å². The van der Waals surface area contributed by atoms with Crippen molar-refractivity contribution in [3.05, 3.63) is 81.0 Å². The summed E-state index contributed by atoms with van der Waals surface area (Å²) in [6, 6.07) is 12.0. The van der Waals surface area contributed by atoms with E-state index in [2.05, 4.69) is 4.98 Å². The fourth-order valence-electron chi connectivity index (χ4n) is 2.67. The van der Waals surface area contributed by atoms with E-state index in [-0.39, 0.29) is 11.3 Å². The van der Waals surface area contributed by atoms with E-state index in [0.29, 0.717) is 26.2 Å². The third-order valence-corrected chi connectivity index (χ3v) is 5.72. The van der Waals surface area contributed by atoms with Gasteiger partial charge in [0.2, 0.25) is 0 Å². The minimum Gasteiger partial charge on any atom is -0.503 e. The summed E-state index contributed by atoms with van der Waals surface area (Å²) in [7, 11) is 2.69. The second-order valence-electron chi connectivity index (χ2n) is 6.01. The Bertz CT molecular complexity index is 1140. The summed E-state index contributed by atoms with van der Waals surface area (Å²) >= 11 is 13.3. The van der Waals surface area contributed by atoms with E-state index in [0.717, 1.165) is 5.56 Å². The molecule has 0 saturated carbocycles. The van der Waals surface area contributed by atoms with Gasteiger partial charge in [-0.1, -0.05) is 53.5 Å². The van der Waals surface area contributed by atoms with E-state index in [4.69, 9.17) is 32.7 Å². The van der Waals surface area contributed by atoms with E-state index < -0.39 is 11.8 Å². The Kier molecular flexibility index (Phi) is 7.26. The van der Waals surface area contributed by atoms with Gasteiger partial charge in [-0.15, -0.1) is 11.3 Å². The molecule has 1 aromatic heterocycles. The first-order valence-corrected chi connectivity index (χ1v) is 10.3. The minimum absolute atomic E-state index is 0.172. The van der Waals surface area contributed by atoms with Crippen LogP contribution < -0.4 is 0 Å². The molecule has 30 heavy (non-hydrogen) atoms. The van der Waals surface area contributed by atoms with Gasteiger partial charge in [0.05, 0.1) is 30.5 Å². The Morgan fingerprint density at radius 3 is 2.60 bits per heavy atom. The minimum atomic E-state index is -0.589. The van der Waals surface area contributed by atoms with Crippen molar-refractivity contribution in [2.45, 2.75) is 0 Å². The smallest absolute Gasteiger partial charge is 0.341 e. The number of hydrogen-bond acceptors (Lipinski definition) is 5. The zero-order valence-electron chi connectivity index (χ0n) is 16.0. The van der Waals surface area contributed by atoms with Crippen LogP contribution in [-0.2, 0) is 14.3 Å². The zero-order chi connectivity index (χ0) is 21.7. The number of carbonyl (C=O) groups is 1. The maximum atomic E-state index is 15.0. The van der Waals surface area contributed by atoms with Crippen LogP contribution in [0.3, 0.4) is 0 Å². The second kappa shape index (κ2) is 9.89. The standard InChI is InChI=1S/C22H16Cl2FNO3S/c1-28-11-16(22(27)29-2)15-6-4-3-5-13(15)10-19(25)20-12-30-21(26-20)14-7-8-17(23)18(24)9-14/h3-12H,1-2H3. The Morgan fingerprint density at radius 2 is 1.90 bits per heavy atom. The molecule has 3 aromatic rings. The largest absolute Gasteiger partial charge is 0.503 e. The van der Waals surface area contributed by atoms with Crippen LogP contribution >= 0.6 is 34.5 Å². The molecule has 0 spiro atoms. The number of benzene rings is 2. The Balaban J connectivity index is 1.97. The summed E-state index contributed by atoms with van der Waals surface area (Å²) < 4.78 is 24.8. The third kappa shape index (κ3) is 4.90. The van der Waals surface area contributed by atoms with Crippen LogP contribution in [-0.4, -0.2) is 25.2 Å². The van der Waals surface area contributed by atoms with Gasteiger partial charge in [0.25, 0.3) is 0 Å². The summed E-state index contributed by atoms with van der Waals surface area (Å²) in [6.07, 6.45) is 2.58. The molecule has 2 aromatic carbocycles. The predicted molar refractivity (Wildman–Crippen MR) is 120 cm³/mol. The highest BCUT2D eigenvalue weighted by atomic mass is 35.5. The van der Waals surface area contributed by atoms with Gasteiger partial charge in [-0.3, -0.25) is 0 Å². The van der Waals surface area contributed by atoms with Crippen molar-refractivity contribution >= 4 is 58.0 Å². The number of esters is 1. The van der Waals surface area contributed by atoms with Crippen LogP contribution in [0.25, 0.3) is 28.0 Å². The second-order valence-corrected chi connectivity index (χ2v) is 7.68. The normalized spacial score (nSPS) is 12.0. The van der Waals surface area contributed by atoms with Gasteiger partial charge in [-0.05, 0) is 29.3 Å². The molecule has 8 heteroatoms. The average molecular weight is 464 g/mol. The number of halogens is 3. The molecule has 0 amide bonds. The maximum absolute atomic E-state index is 15.0. The highest BCUT2D eigenvalue weighted by Gasteiger charge is 2.17. The molecule has 0 saturated heterocycles. The first-order valence-electron chi connectivity index (χ1n) is 8.63. The van der Waals surface area contributed by atoms with Crippen LogP contribution in [0.1, 0.15) is 16.8 Å². The lowest BCUT2D eigenvalue weighted by molar-refractivity contribution is -0.133. The van der Waals surface area contributed by atoms with E-state index in [1.165, 1.54) is 37.9 Å². The Hall–Kier alpha value is -2.67. The maximum Gasteiger partial charge on any atom is 0.341 e. The van der Waals surface area contributed by atoms with Gasteiger partial charge in [-0.25, -0.2) is 14.2 Å². The molecule has 0 aliphatic rings. The molecule has 4 nitrogen and oxygen atoms in total. The van der Waals surface area contributed by atoms with Crippen molar-refractivity contribution in [1.29, 1.82) is 0 Å². The van der Waals surface area contributed by atoms with E-state index in [9.17, 15) is 9.18 Å². The van der Waals surface area contributed by atoms with Gasteiger partial charge in [-0.2, -0.15) is 0 Å². The third-order valence-electron chi connectivity index (χ3n) is 4.09. The van der Waals surface area contributed by atoms with Crippen LogP contribution in [0.5, 0.6) is 0 Å². The number of hydrogen-bond donors (Lipinski definition) is 0. The van der Waals surface area contributed by atoms with Crippen molar-refractivity contribution in [3.8, 4) is 10.6 Å². The van der Waals surface area contributed by atoms with Crippen molar-refractivity contribution in [2.24, 2.45) is 0 Å². The molecule has 0 atom stereocenters. The molecule has 0 aliphatic carbocycles. The first-order chi connectivity index (χ1) is 14.4. The SMILES string of the molecule is COC=C(C(=O)OC)c1ccccc1C=C(F)c1csc(-c2ccc(Cl)c(Cl)c2)n1. The van der Waals surface area contributed by atoms with E-state index in [1.807, 2.05) is 0 Å². The number of nitrogens with zero attached hydrogens (tertiary/aromatic N) is 1. The lowest BCUT2D eigenvalue weighted by atomic mass is 10.00. The molecule has 0 N–H and O–H groups in total. The van der Waals surface area contributed by atoms with E-state index in [1.54, 1.807) is 47.8 Å². The first kappa shape index (κ1) is 22.0. The summed E-state index contributed by atoms with van der Waals surface area (Å²) in [5.41, 5.74) is 2.04. The van der Waals surface area contributed by atoms with Crippen molar-refractivity contribution in [3.63, 3.8) is 0 Å². The molecule has 0 aliphatic heterocycles. The molecule has 0 fully saturated rings.